The summed E-state index contributed by atoms with van der Waals surface area (Å²) in [5, 5.41) is 11.3. The van der Waals surface area contributed by atoms with Gasteiger partial charge in [0.1, 0.15) is 0 Å². The first kappa shape index (κ1) is 13.6. The Morgan fingerprint density at radius 2 is 2.33 bits per heavy atom. The molecule has 3 nitrogen and oxygen atoms in total. The van der Waals surface area contributed by atoms with Crippen LogP contribution >= 0.6 is 11.3 Å². The van der Waals surface area contributed by atoms with Crippen LogP contribution in [0.5, 0.6) is 0 Å². The van der Waals surface area contributed by atoms with Crippen LogP contribution in [0.25, 0.3) is 0 Å². The van der Waals surface area contributed by atoms with Crippen molar-refractivity contribution in [3.8, 4) is 11.8 Å². The van der Waals surface area contributed by atoms with Gasteiger partial charge in [0, 0.05) is 28.9 Å². The van der Waals surface area contributed by atoms with Gasteiger partial charge >= 0.3 is 0 Å². The van der Waals surface area contributed by atoms with Gasteiger partial charge in [-0.25, -0.2) is 0 Å². The lowest BCUT2D eigenvalue weighted by molar-refractivity contribution is 0.0275. The van der Waals surface area contributed by atoms with E-state index in [9.17, 15) is 5.11 Å². The summed E-state index contributed by atoms with van der Waals surface area (Å²) in [6.45, 7) is 2.44. The molecule has 1 saturated carbocycles. The summed E-state index contributed by atoms with van der Waals surface area (Å²) in [5.41, 5.74) is 6.42. The zero-order valence-electron chi connectivity index (χ0n) is 10.7. The van der Waals surface area contributed by atoms with Gasteiger partial charge in [0.2, 0.25) is 0 Å². The lowest BCUT2D eigenvalue weighted by atomic mass is 9.82. The fourth-order valence-electron chi connectivity index (χ4n) is 2.30. The van der Waals surface area contributed by atoms with E-state index in [0.717, 1.165) is 31.5 Å². The molecule has 3 N–H and O–H groups in total. The second-order valence-corrected chi connectivity index (χ2v) is 5.99. The van der Waals surface area contributed by atoms with Crippen molar-refractivity contribution in [3.63, 3.8) is 0 Å². The summed E-state index contributed by atoms with van der Waals surface area (Å²) in [4.78, 5) is 3.65. The van der Waals surface area contributed by atoms with Gasteiger partial charge in [-0.15, -0.1) is 11.3 Å². The average Bonchev–Trinajstić information content (AvgIpc) is 2.72. The predicted octanol–water partition coefficient (Wildman–Crippen LogP) is 1.26. The third-order valence-corrected chi connectivity index (χ3v) is 4.12. The van der Waals surface area contributed by atoms with Gasteiger partial charge in [0.15, 0.2) is 0 Å². The van der Waals surface area contributed by atoms with Crippen LogP contribution in [0.1, 0.15) is 23.3 Å². The highest BCUT2D eigenvalue weighted by Crippen LogP contribution is 2.28. The zero-order valence-corrected chi connectivity index (χ0v) is 11.5. The highest BCUT2D eigenvalue weighted by atomic mass is 32.1. The molecular weight excluding hydrogens is 244 g/mol. The highest BCUT2D eigenvalue weighted by Gasteiger charge is 2.27. The number of aliphatic hydroxyl groups excluding tert-OH is 1. The van der Waals surface area contributed by atoms with Crippen LogP contribution in [-0.4, -0.2) is 36.2 Å². The molecule has 1 aliphatic rings. The van der Waals surface area contributed by atoms with E-state index in [-0.39, 0.29) is 6.10 Å². The Morgan fingerprint density at radius 3 is 3.00 bits per heavy atom. The van der Waals surface area contributed by atoms with Gasteiger partial charge in [-0.1, -0.05) is 11.8 Å². The smallest absolute Gasteiger partial charge is 0.0555 e. The first-order valence-electron chi connectivity index (χ1n) is 6.30. The molecule has 0 aliphatic heterocycles. The topological polar surface area (TPSA) is 49.5 Å². The molecule has 0 amide bonds. The van der Waals surface area contributed by atoms with Gasteiger partial charge in [0.05, 0.1) is 12.6 Å². The lowest BCUT2D eigenvalue weighted by Gasteiger charge is -2.34. The number of nitrogens with two attached hydrogens (primary N) is 1. The molecule has 0 saturated heterocycles. The lowest BCUT2D eigenvalue weighted by Crippen LogP contribution is -2.36. The maximum Gasteiger partial charge on any atom is 0.0555 e. The Balaban J connectivity index is 1.79. The van der Waals surface area contributed by atoms with Crippen LogP contribution in [-0.2, 0) is 6.54 Å². The Hall–Kier alpha value is -0.860. The van der Waals surface area contributed by atoms with Crippen LogP contribution in [0.15, 0.2) is 11.4 Å². The molecule has 2 rings (SSSR count). The van der Waals surface area contributed by atoms with E-state index in [4.69, 9.17) is 5.73 Å². The molecule has 0 aromatic carbocycles. The second-order valence-electron chi connectivity index (χ2n) is 5.00. The summed E-state index contributed by atoms with van der Waals surface area (Å²) in [6, 6.07) is 2.14. The molecule has 0 radical (unpaired) electrons. The summed E-state index contributed by atoms with van der Waals surface area (Å²) < 4.78 is 0. The van der Waals surface area contributed by atoms with Crippen LogP contribution in [0.4, 0.5) is 0 Å². The molecule has 1 heterocycles. The number of thiophene rings is 1. The van der Waals surface area contributed by atoms with Gasteiger partial charge in [-0.2, -0.15) is 0 Å². The Kier molecular flexibility index (Phi) is 4.79. The average molecular weight is 264 g/mol. The van der Waals surface area contributed by atoms with Gasteiger partial charge in [-0.3, -0.25) is 0 Å². The molecule has 1 fully saturated rings. The first-order valence-corrected chi connectivity index (χ1v) is 7.18. The molecule has 1 aliphatic carbocycles. The third kappa shape index (κ3) is 3.82. The minimum Gasteiger partial charge on any atom is -0.393 e. The van der Waals surface area contributed by atoms with E-state index in [1.807, 2.05) is 0 Å². The molecule has 1 aromatic rings. The highest BCUT2D eigenvalue weighted by molar-refractivity contribution is 7.10. The van der Waals surface area contributed by atoms with Crippen LogP contribution in [0.3, 0.4) is 0 Å². The quantitative estimate of drug-likeness (QED) is 0.805. The molecular formula is C14H20N2OS. The van der Waals surface area contributed by atoms with Crippen LogP contribution < -0.4 is 5.73 Å². The zero-order chi connectivity index (χ0) is 13.0. The van der Waals surface area contributed by atoms with Crippen LogP contribution in [0, 0.1) is 17.8 Å². The van der Waals surface area contributed by atoms with Crippen molar-refractivity contribution in [2.45, 2.75) is 25.5 Å². The molecule has 18 heavy (non-hydrogen) atoms. The van der Waals surface area contributed by atoms with E-state index in [0.29, 0.717) is 12.5 Å². The maximum absolute atomic E-state index is 9.26. The van der Waals surface area contributed by atoms with Gasteiger partial charge in [-0.05, 0) is 31.9 Å². The maximum atomic E-state index is 9.26. The van der Waals surface area contributed by atoms with Gasteiger partial charge < -0.3 is 15.7 Å². The van der Waals surface area contributed by atoms with E-state index in [1.165, 1.54) is 4.88 Å². The molecule has 0 bridgehead atoms. The molecule has 0 unspecified atom stereocenters. The van der Waals surface area contributed by atoms with E-state index >= 15 is 0 Å². The number of nitrogens with zero attached hydrogens (tertiary/aromatic N) is 1. The fourth-order valence-corrected chi connectivity index (χ4v) is 3.20. The van der Waals surface area contributed by atoms with Crippen molar-refractivity contribution in [1.29, 1.82) is 0 Å². The van der Waals surface area contributed by atoms with Crippen molar-refractivity contribution < 1.29 is 5.11 Å². The molecule has 0 atom stereocenters. The standard InChI is InChI=1S/C14H20N2OS/c1-16(8-12-5-13(17)6-12)9-14-7-11(10-18-14)3-2-4-15/h7,10,12-13,17H,4-6,8-9,15H2,1H3. The number of aliphatic hydroxyl groups is 1. The minimum absolute atomic E-state index is 0.0525. The van der Waals surface area contributed by atoms with Crippen molar-refractivity contribution in [2.24, 2.45) is 11.7 Å². The first-order chi connectivity index (χ1) is 8.67. The number of hydrogen-bond acceptors (Lipinski definition) is 4. The number of hydrogen-bond donors (Lipinski definition) is 2. The Bertz CT molecular complexity index is 440. The van der Waals surface area contributed by atoms with Gasteiger partial charge in [0.25, 0.3) is 0 Å². The van der Waals surface area contributed by atoms with Crippen molar-refractivity contribution in [1.82, 2.24) is 4.90 Å². The largest absolute Gasteiger partial charge is 0.393 e. The normalized spacial score (nSPS) is 22.4. The Labute approximate surface area is 113 Å². The third-order valence-electron chi connectivity index (χ3n) is 3.19. The van der Waals surface area contributed by atoms with Crippen LogP contribution in [0.2, 0.25) is 0 Å². The molecule has 0 spiro atoms. The van der Waals surface area contributed by atoms with Crippen molar-refractivity contribution in [2.75, 3.05) is 20.1 Å². The number of rotatable bonds is 4. The SMILES string of the molecule is CN(Cc1cc(C#CCN)cs1)CC1CC(O)C1. The monoisotopic (exact) mass is 264 g/mol. The Morgan fingerprint density at radius 1 is 1.56 bits per heavy atom. The summed E-state index contributed by atoms with van der Waals surface area (Å²) >= 11 is 1.75. The van der Waals surface area contributed by atoms with Crippen molar-refractivity contribution in [3.05, 3.63) is 21.9 Å². The van der Waals surface area contributed by atoms with E-state index in [1.54, 1.807) is 11.3 Å². The van der Waals surface area contributed by atoms with Crippen molar-refractivity contribution >= 4 is 11.3 Å². The molecule has 1 aromatic heterocycles. The summed E-state index contributed by atoms with van der Waals surface area (Å²) in [5.74, 6) is 6.59. The molecule has 4 heteroatoms. The molecule has 98 valence electrons. The van der Waals surface area contributed by atoms with E-state index in [2.05, 4.69) is 35.2 Å². The second kappa shape index (κ2) is 6.35. The summed E-state index contributed by atoms with van der Waals surface area (Å²) in [7, 11) is 2.13. The minimum atomic E-state index is -0.0525. The summed E-state index contributed by atoms with van der Waals surface area (Å²) in [6.07, 6.45) is 1.87. The predicted molar refractivity (Wildman–Crippen MR) is 75.3 cm³/mol. The van der Waals surface area contributed by atoms with E-state index < -0.39 is 0 Å². The fraction of sp³-hybridized carbons (Fsp3) is 0.571.